The van der Waals surface area contributed by atoms with Crippen LogP contribution in [0.2, 0.25) is 18.1 Å². The third kappa shape index (κ3) is 4.20. The van der Waals surface area contributed by atoms with E-state index in [1.807, 2.05) is 0 Å². The van der Waals surface area contributed by atoms with Gasteiger partial charge in [-0.1, -0.05) is 20.8 Å². The molecule has 1 aromatic rings. The molecule has 1 saturated heterocycles. The van der Waals surface area contributed by atoms with Gasteiger partial charge in [0.25, 0.3) is 0 Å². The van der Waals surface area contributed by atoms with Crippen molar-refractivity contribution in [2.24, 2.45) is 0 Å². The van der Waals surface area contributed by atoms with Crippen LogP contribution in [-0.2, 0) is 9.16 Å². The summed E-state index contributed by atoms with van der Waals surface area (Å²) in [5.74, 6) is 0.192. The van der Waals surface area contributed by atoms with Crippen LogP contribution in [0, 0.1) is 5.82 Å². The molecule has 1 aliphatic heterocycles. The Morgan fingerprint density at radius 3 is 2.46 bits per heavy atom. The molecule has 1 unspecified atom stereocenters. The number of nitrogens with zero attached hydrogens (tertiary/aromatic N) is 1. The Morgan fingerprint density at radius 1 is 1.27 bits per heavy atom. The first-order valence-corrected chi connectivity index (χ1v) is 11.8. The zero-order valence-corrected chi connectivity index (χ0v) is 17.8. The number of rotatable bonds is 4. The number of ether oxygens (including phenoxy) is 2. The van der Waals surface area contributed by atoms with Crippen molar-refractivity contribution in [2.75, 3.05) is 20.8 Å². The number of likely N-dealkylation sites (tertiary alicyclic amines) is 1. The molecule has 1 aliphatic rings. The molecule has 0 radical (unpaired) electrons. The van der Waals surface area contributed by atoms with Crippen LogP contribution in [-0.4, -0.2) is 46.2 Å². The Bertz CT molecular complexity index is 659. The van der Waals surface area contributed by atoms with Crippen LogP contribution in [0.5, 0.6) is 5.75 Å². The van der Waals surface area contributed by atoms with Crippen molar-refractivity contribution < 1.29 is 23.1 Å². The zero-order chi connectivity index (χ0) is 19.7. The lowest BCUT2D eigenvalue weighted by molar-refractivity contribution is 0.113. The van der Waals surface area contributed by atoms with Crippen molar-refractivity contribution >= 4 is 14.4 Å². The molecule has 5 nitrogen and oxygen atoms in total. The minimum Gasteiger partial charge on any atom is -0.496 e. The number of methoxy groups -OCH3 is 2. The Balaban J connectivity index is 2.33. The lowest BCUT2D eigenvalue weighted by Crippen LogP contribution is -2.44. The summed E-state index contributed by atoms with van der Waals surface area (Å²) in [5.41, 5.74) is 0.638. The molecule has 1 heterocycles. The van der Waals surface area contributed by atoms with Crippen molar-refractivity contribution in [2.45, 2.75) is 57.5 Å². The average molecular weight is 384 g/mol. The quantitative estimate of drug-likeness (QED) is 0.705. The lowest BCUT2D eigenvalue weighted by Gasteiger charge is -2.38. The number of hydrogen-bond acceptors (Lipinski definition) is 4. The first kappa shape index (κ1) is 20.7. The summed E-state index contributed by atoms with van der Waals surface area (Å²) >= 11 is 0. The van der Waals surface area contributed by atoms with E-state index in [-0.39, 0.29) is 23.0 Å². The molecule has 0 bridgehead atoms. The molecule has 0 aliphatic carbocycles. The van der Waals surface area contributed by atoms with Crippen LogP contribution >= 0.6 is 0 Å². The molecule has 0 N–H and O–H groups in total. The van der Waals surface area contributed by atoms with E-state index in [0.29, 0.717) is 24.3 Å². The maximum absolute atomic E-state index is 13.9. The molecule has 2 rings (SSSR count). The maximum Gasteiger partial charge on any atom is 0.410 e. The summed E-state index contributed by atoms with van der Waals surface area (Å²) in [7, 11) is 0.899. The van der Waals surface area contributed by atoms with Gasteiger partial charge in [0, 0.05) is 12.1 Å². The van der Waals surface area contributed by atoms with Gasteiger partial charge in [0.15, 0.2) is 8.32 Å². The molecule has 0 aromatic heterocycles. The molecule has 7 heteroatoms. The monoisotopic (exact) mass is 383 g/mol. The molecule has 1 fully saturated rings. The van der Waals surface area contributed by atoms with E-state index in [2.05, 4.69) is 33.9 Å². The molecule has 1 aromatic carbocycles. The van der Waals surface area contributed by atoms with Gasteiger partial charge >= 0.3 is 6.09 Å². The minimum atomic E-state index is -1.99. The van der Waals surface area contributed by atoms with Crippen molar-refractivity contribution in [3.05, 3.63) is 29.6 Å². The SMILES string of the molecule is COC(=O)N1C[C@H](O[Si](C)(C)C(C)(C)C)CC1c1cc(F)ccc1OC. The second-order valence-corrected chi connectivity index (χ2v) is 13.0. The smallest absolute Gasteiger partial charge is 0.410 e. The highest BCUT2D eigenvalue weighted by molar-refractivity contribution is 6.74. The van der Waals surface area contributed by atoms with Gasteiger partial charge in [0.2, 0.25) is 0 Å². The third-order valence-electron chi connectivity index (χ3n) is 5.49. The fourth-order valence-electron chi connectivity index (χ4n) is 3.06. The fourth-order valence-corrected chi connectivity index (χ4v) is 4.41. The van der Waals surface area contributed by atoms with E-state index in [4.69, 9.17) is 13.9 Å². The number of amides is 1. The molecule has 26 heavy (non-hydrogen) atoms. The Labute approximate surface area is 156 Å². The largest absolute Gasteiger partial charge is 0.496 e. The van der Waals surface area contributed by atoms with E-state index < -0.39 is 14.4 Å². The Hall–Kier alpha value is -1.60. The second kappa shape index (κ2) is 7.56. The van der Waals surface area contributed by atoms with Gasteiger partial charge in [-0.05, 0) is 42.8 Å². The van der Waals surface area contributed by atoms with Crippen LogP contribution in [0.4, 0.5) is 9.18 Å². The van der Waals surface area contributed by atoms with Crippen LogP contribution in [0.3, 0.4) is 0 Å². The highest BCUT2D eigenvalue weighted by Crippen LogP contribution is 2.43. The van der Waals surface area contributed by atoms with E-state index in [9.17, 15) is 9.18 Å². The summed E-state index contributed by atoms with van der Waals surface area (Å²) in [6, 6.07) is 4.02. The van der Waals surface area contributed by atoms with Crippen molar-refractivity contribution in [3.63, 3.8) is 0 Å². The number of carbonyl (C=O) groups excluding carboxylic acids is 1. The first-order chi connectivity index (χ1) is 12.0. The molecular weight excluding hydrogens is 353 g/mol. The molecular formula is C19H30FNO4Si. The van der Waals surface area contributed by atoms with Crippen molar-refractivity contribution in [1.82, 2.24) is 4.90 Å². The fraction of sp³-hybridized carbons (Fsp3) is 0.632. The van der Waals surface area contributed by atoms with Gasteiger partial charge in [0.05, 0.1) is 26.4 Å². The van der Waals surface area contributed by atoms with Crippen LogP contribution in [0.25, 0.3) is 0 Å². The van der Waals surface area contributed by atoms with Crippen molar-refractivity contribution in [1.29, 1.82) is 0 Å². The number of carbonyl (C=O) groups is 1. The second-order valence-electron chi connectivity index (χ2n) is 8.26. The molecule has 0 saturated carbocycles. The summed E-state index contributed by atoms with van der Waals surface area (Å²) in [6.45, 7) is 11.3. The maximum atomic E-state index is 13.9. The highest BCUT2D eigenvalue weighted by atomic mass is 28.4. The van der Waals surface area contributed by atoms with E-state index >= 15 is 0 Å². The van der Waals surface area contributed by atoms with Gasteiger partial charge in [-0.15, -0.1) is 0 Å². The van der Waals surface area contributed by atoms with Crippen LogP contribution in [0.1, 0.15) is 38.8 Å². The summed E-state index contributed by atoms with van der Waals surface area (Å²) in [6.07, 6.45) is 0.0251. The molecule has 1 amide bonds. The van der Waals surface area contributed by atoms with Gasteiger partial charge in [0.1, 0.15) is 11.6 Å². The predicted molar refractivity (Wildman–Crippen MR) is 101 cm³/mol. The highest BCUT2D eigenvalue weighted by Gasteiger charge is 2.44. The zero-order valence-electron chi connectivity index (χ0n) is 16.8. The number of benzene rings is 1. The Morgan fingerprint density at radius 2 is 1.92 bits per heavy atom. The minimum absolute atomic E-state index is 0.0672. The molecule has 146 valence electrons. The van der Waals surface area contributed by atoms with Crippen LogP contribution < -0.4 is 4.74 Å². The molecule has 0 spiro atoms. The van der Waals surface area contributed by atoms with Gasteiger partial charge in [-0.2, -0.15) is 0 Å². The Kier molecular flexibility index (Phi) is 6.02. The normalized spacial score (nSPS) is 21.0. The predicted octanol–water partition coefficient (Wildman–Crippen LogP) is 4.74. The van der Waals surface area contributed by atoms with Crippen LogP contribution in [0.15, 0.2) is 18.2 Å². The van der Waals surface area contributed by atoms with Gasteiger partial charge < -0.3 is 13.9 Å². The summed E-state index contributed by atoms with van der Waals surface area (Å²) in [4.78, 5) is 13.9. The molecule has 2 atom stereocenters. The summed E-state index contributed by atoms with van der Waals surface area (Å²) in [5, 5.41) is 0.0672. The summed E-state index contributed by atoms with van der Waals surface area (Å²) < 4.78 is 30.7. The average Bonchev–Trinajstić information content (AvgIpc) is 2.96. The first-order valence-electron chi connectivity index (χ1n) is 8.86. The van der Waals surface area contributed by atoms with Crippen molar-refractivity contribution in [3.8, 4) is 5.75 Å². The standard InChI is InChI=1S/C19H30FNO4Si/c1-19(2,3)26(6,7)25-14-11-16(21(12-14)18(22)24-5)15-10-13(20)8-9-17(15)23-4/h8-10,14,16H,11-12H2,1-7H3/t14-,16?/m1/s1. The topological polar surface area (TPSA) is 48.0 Å². The van der Waals surface area contributed by atoms with E-state index in [0.717, 1.165) is 0 Å². The number of hydrogen-bond donors (Lipinski definition) is 0. The number of halogens is 1. The lowest BCUT2D eigenvalue weighted by atomic mass is 10.0. The van der Waals surface area contributed by atoms with Gasteiger partial charge in [-0.25, -0.2) is 9.18 Å². The third-order valence-corrected chi connectivity index (χ3v) is 10.0. The van der Waals surface area contributed by atoms with E-state index in [1.54, 1.807) is 11.0 Å². The van der Waals surface area contributed by atoms with E-state index in [1.165, 1.54) is 26.4 Å². The van der Waals surface area contributed by atoms with Gasteiger partial charge in [-0.3, -0.25) is 4.90 Å².